The Morgan fingerprint density at radius 3 is 1.31 bits per heavy atom. The second-order valence-electron chi connectivity index (χ2n) is 16.3. The summed E-state index contributed by atoms with van der Waals surface area (Å²) in [6, 6.07) is 77.4. The Balaban J connectivity index is 1.12. The highest BCUT2D eigenvalue weighted by Gasteiger charge is 2.59. The zero-order chi connectivity index (χ0) is 38.5. The first-order valence-corrected chi connectivity index (χ1v) is 22.5. The van der Waals surface area contributed by atoms with Gasteiger partial charge in [-0.25, -0.2) is 0 Å². The van der Waals surface area contributed by atoms with Crippen LogP contribution in [0.1, 0.15) is 22.3 Å². The van der Waals surface area contributed by atoms with Crippen molar-refractivity contribution in [3.8, 4) is 11.5 Å². The summed E-state index contributed by atoms with van der Waals surface area (Å²) in [7, 11) is -2.92. The van der Waals surface area contributed by atoms with Crippen molar-refractivity contribution in [1.29, 1.82) is 0 Å². The van der Waals surface area contributed by atoms with E-state index in [0.29, 0.717) is 0 Å². The zero-order valence-electron chi connectivity index (χ0n) is 31.9. The van der Waals surface area contributed by atoms with E-state index in [1.807, 2.05) is 0 Å². The molecule has 0 atom stereocenters. The average Bonchev–Trinajstić information content (AvgIpc) is 3.82. The fourth-order valence-corrected chi connectivity index (χ4v) is 17.3. The minimum absolute atomic E-state index is 0.596. The molecule has 11 aromatic rings. The van der Waals surface area contributed by atoms with Crippen molar-refractivity contribution >= 4 is 84.0 Å². The van der Waals surface area contributed by atoms with Gasteiger partial charge in [-0.1, -0.05) is 158 Å². The smallest absolute Gasteiger partial charge is 0.188 e. The third-order valence-electron chi connectivity index (χ3n) is 13.8. The first-order valence-electron chi connectivity index (χ1n) is 20.5. The number of ether oxygens (including phenoxy) is 1. The maximum absolute atomic E-state index is 6.77. The van der Waals surface area contributed by atoms with Gasteiger partial charge in [-0.15, -0.1) is 0 Å². The molecule has 0 amide bonds. The Morgan fingerprint density at radius 2 is 0.780 bits per heavy atom. The molecule has 0 radical (unpaired) electrons. The molecule has 0 saturated heterocycles. The maximum Gasteiger partial charge on any atom is 0.188 e. The molecule has 59 heavy (non-hydrogen) atoms. The van der Waals surface area contributed by atoms with E-state index >= 15 is 0 Å². The number of para-hydroxylation sites is 6. The van der Waals surface area contributed by atoms with E-state index in [4.69, 9.17) is 4.74 Å². The van der Waals surface area contributed by atoms with Crippen LogP contribution >= 0.6 is 0 Å². The Morgan fingerprint density at radius 1 is 0.373 bits per heavy atom. The molecule has 2 spiro atoms. The van der Waals surface area contributed by atoms with Gasteiger partial charge in [-0.05, 0) is 91.5 Å². The molecule has 0 saturated carbocycles. The van der Waals surface area contributed by atoms with Gasteiger partial charge in [0.15, 0.2) is 8.07 Å². The molecule has 4 heteroatoms. The van der Waals surface area contributed by atoms with Gasteiger partial charge in [0.2, 0.25) is 0 Å². The minimum atomic E-state index is -2.92. The molecular weight excluding hydrogens is 733 g/mol. The number of hydrogen-bond donors (Lipinski definition) is 0. The van der Waals surface area contributed by atoms with Crippen LogP contribution in [0.25, 0.3) is 38.1 Å². The lowest BCUT2D eigenvalue weighted by Crippen LogP contribution is -2.80. The van der Waals surface area contributed by atoms with Crippen LogP contribution in [-0.4, -0.2) is 12.5 Å². The molecule has 3 aliphatic heterocycles. The Bertz CT molecular complexity index is 3350. The summed E-state index contributed by atoms with van der Waals surface area (Å²) in [5, 5.41) is 10.5. The third kappa shape index (κ3) is 3.66. The highest BCUT2D eigenvalue weighted by Crippen LogP contribution is 2.59. The van der Waals surface area contributed by atoms with Crippen LogP contribution in [0.15, 0.2) is 206 Å². The van der Waals surface area contributed by atoms with Crippen LogP contribution in [0.2, 0.25) is 0 Å². The molecule has 9 aromatic carbocycles. The molecule has 0 fully saturated rings. The summed E-state index contributed by atoms with van der Waals surface area (Å²) in [5.41, 5.74) is 12.0. The normalized spacial score (nSPS) is 15.2. The van der Waals surface area contributed by atoms with E-state index in [-0.39, 0.29) is 0 Å². The highest BCUT2D eigenvalue weighted by molar-refractivity contribution is 7.21. The molecule has 0 unspecified atom stereocenters. The average molecular weight is 767 g/mol. The monoisotopic (exact) mass is 766 g/mol. The standard InChI is InChI=1S/C55H34N2OSi/c1-7-23-44-36(17-1)38-33-35(34-39-37-18-2-8-24-45(37)57(44)54(38)39)56-46-25-9-3-19-40(46)55(41-20-4-10-26-47(41)56)42-21-5-13-29-50(42)59(51-30-14-6-22-43(51)55)52-31-15-11-27-48(52)58-49-28-12-16-32-53(49)59/h1-34H. The van der Waals surface area contributed by atoms with E-state index < -0.39 is 13.5 Å². The Hall–Kier alpha value is -7.40. The summed E-state index contributed by atoms with van der Waals surface area (Å²) in [5.74, 6) is 1.92. The van der Waals surface area contributed by atoms with Crippen molar-refractivity contribution in [3.63, 3.8) is 0 Å². The molecule has 0 N–H and O–H groups in total. The van der Waals surface area contributed by atoms with E-state index in [0.717, 1.165) is 17.2 Å². The summed E-state index contributed by atoms with van der Waals surface area (Å²) in [6.45, 7) is 0. The minimum Gasteiger partial charge on any atom is -0.458 e. The summed E-state index contributed by atoms with van der Waals surface area (Å²) in [4.78, 5) is 2.55. The van der Waals surface area contributed by atoms with Crippen LogP contribution in [0, 0.1) is 0 Å². The highest BCUT2D eigenvalue weighted by atomic mass is 28.3. The van der Waals surface area contributed by atoms with Gasteiger partial charge in [0.1, 0.15) is 11.5 Å². The second kappa shape index (κ2) is 11.2. The molecule has 5 heterocycles. The van der Waals surface area contributed by atoms with Crippen molar-refractivity contribution in [2.45, 2.75) is 5.41 Å². The van der Waals surface area contributed by atoms with Crippen LogP contribution < -0.4 is 30.4 Å². The first-order chi connectivity index (χ1) is 29.3. The van der Waals surface area contributed by atoms with E-state index in [2.05, 4.69) is 216 Å². The molecule has 3 nitrogen and oxygen atoms in total. The molecular formula is C55H34N2OSi. The lowest BCUT2D eigenvalue weighted by molar-refractivity contribution is 0.487. The largest absolute Gasteiger partial charge is 0.458 e. The number of rotatable bonds is 1. The van der Waals surface area contributed by atoms with Crippen LogP contribution in [-0.2, 0) is 5.41 Å². The predicted octanol–water partition coefficient (Wildman–Crippen LogP) is 10.8. The summed E-state index contributed by atoms with van der Waals surface area (Å²) >= 11 is 0. The number of nitrogens with zero attached hydrogens (tertiary/aromatic N) is 2. The topological polar surface area (TPSA) is 16.9 Å². The van der Waals surface area contributed by atoms with Gasteiger partial charge in [-0.3, -0.25) is 0 Å². The van der Waals surface area contributed by atoms with Crippen molar-refractivity contribution in [1.82, 2.24) is 4.40 Å². The van der Waals surface area contributed by atoms with E-state index in [1.165, 1.54) is 92.5 Å². The summed E-state index contributed by atoms with van der Waals surface area (Å²) < 4.78 is 9.24. The van der Waals surface area contributed by atoms with Crippen molar-refractivity contribution in [2.75, 3.05) is 4.90 Å². The number of fused-ring (bicyclic) bond motifs is 20. The SMILES string of the molecule is c1ccc2c(c1)Oc1ccccc1[Si]21c2ccccc2C2(c3ccccc3N(c3cc4c5ccccc5n5c6ccccc6c(c3)c45)c3ccccc32)c2ccccc21. The number of hydrogen-bond acceptors (Lipinski definition) is 2. The number of aromatic nitrogens is 1. The van der Waals surface area contributed by atoms with Gasteiger partial charge in [0.25, 0.3) is 0 Å². The van der Waals surface area contributed by atoms with Gasteiger partial charge in [0, 0.05) is 27.2 Å². The van der Waals surface area contributed by atoms with Crippen LogP contribution in [0.3, 0.4) is 0 Å². The molecule has 2 aromatic heterocycles. The Labute approximate surface area is 342 Å². The zero-order valence-corrected chi connectivity index (χ0v) is 32.9. The van der Waals surface area contributed by atoms with E-state index in [9.17, 15) is 0 Å². The molecule has 0 aliphatic carbocycles. The quantitative estimate of drug-likeness (QED) is 0.155. The van der Waals surface area contributed by atoms with Gasteiger partial charge < -0.3 is 14.0 Å². The van der Waals surface area contributed by atoms with Gasteiger partial charge in [0.05, 0.1) is 33.3 Å². The second-order valence-corrected chi connectivity index (χ2v) is 20.0. The molecule has 3 aliphatic rings. The van der Waals surface area contributed by atoms with Crippen molar-refractivity contribution in [2.24, 2.45) is 0 Å². The van der Waals surface area contributed by atoms with Gasteiger partial charge >= 0.3 is 0 Å². The molecule has 274 valence electrons. The lowest BCUT2D eigenvalue weighted by Gasteiger charge is -2.54. The van der Waals surface area contributed by atoms with Gasteiger partial charge in [-0.2, -0.15) is 0 Å². The maximum atomic E-state index is 6.77. The fourth-order valence-electron chi connectivity index (χ4n) is 11.8. The molecule has 14 rings (SSSR count). The van der Waals surface area contributed by atoms with Crippen molar-refractivity contribution < 1.29 is 4.74 Å². The first kappa shape index (κ1) is 31.7. The summed E-state index contributed by atoms with van der Waals surface area (Å²) in [6.07, 6.45) is 0. The fraction of sp³-hybridized carbons (Fsp3) is 0.0182. The van der Waals surface area contributed by atoms with Crippen molar-refractivity contribution in [3.05, 3.63) is 229 Å². The third-order valence-corrected chi connectivity index (χ3v) is 18.7. The van der Waals surface area contributed by atoms with Crippen LogP contribution in [0.5, 0.6) is 11.5 Å². The number of anilines is 3. The lowest BCUT2D eigenvalue weighted by atomic mass is 9.62. The van der Waals surface area contributed by atoms with Crippen LogP contribution in [0.4, 0.5) is 17.1 Å². The Kier molecular flexibility index (Phi) is 5.99. The predicted molar refractivity (Wildman–Crippen MR) is 245 cm³/mol. The molecule has 0 bridgehead atoms. The number of benzene rings is 9. The van der Waals surface area contributed by atoms with E-state index in [1.54, 1.807) is 0 Å².